The molecule has 0 radical (unpaired) electrons. The van der Waals surface area contributed by atoms with Gasteiger partial charge in [-0.25, -0.2) is 4.98 Å². The molecule has 0 fully saturated rings. The molecule has 0 saturated heterocycles. The number of hydrogen-bond donors (Lipinski definition) is 1. The Morgan fingerprint density at radius 1 is 1.29 bits per heavy atom. The predicted octanol–water partition coefficient (Wildman–Crippen LogP) is 4.13. The van der Waals surface area contributed by atoms with Gasteiger partial charge in [-0.3, -0.25) is 9.36 Å². The molecule has 0 saturated carbocycles. The summed E-state index contributed by atoms with van der Waals surface area (Å²) >= 11 is 1.49. The maximum Gasteiger partial charge on any atom is 0.233 e. The van der Waals surface area contributed by atoms with Gasteiger partial charge in [-0.05, 0) is 50.3 Å². The number of rotatable bonds is 7. The molecule has 1 aromatic carbocycles. The summed E-state index contributed by atoms with van der Waals surface area (Å²) in [5, 5.41) is 3.67. The zero-order chi connectivity index (χ0) is 17.7. The highest BCUT2D eigenvalue weighted by atomic mass is 32.2. The van der Waals surface area contributed by atoms with Gasteiger partial charge in [-0.15, -0.1) is 0 Å². The topological polar surface area (TPSA) is 46.9 Å². The van der Waals surface area contributed by atoms with Crippen LogP contribution in [0.25, 0.3) is 5.69 Å². The van der Waals surface area contributed by atoms with Crippen LogP contribution in [0.15, 0.2) is 35.7 Å². The first-order valence-corrected chi connectivity index (χ1v) is 9.32. The van der Waals surface area contributed by atoms with Gasteiger partial charge in [0, 0.05) is 18.9 Å². The van der Waals surface area contributed by atoms with E-state index in [9.17, 15) is 4.79 Å². The molecule has 1 unspecified atom stereocenters. The van der Waals surface area contributed by atoms with E-state index in [4.69, 9.17) is 0 Å². The zero-order valence-electron chi connectivity index (χ0n) is 15.2. The van der Waals surface area contributed by atoms with Crippen molar-refractivity contribution in [2.45, 2.75) is 51.4 Å². The lowest BCUT2D eigenvalue weighted by Crippen LogP contribution is -2.32. The van der Waals surface area contributed by atoms with Crippen LogP contribution >= 0.6 is 11.8 Å². The number of imidazole rings is 1. The highest BCUT2D eigenvalue weighted by Crippen LogP contribution is 2.27. The lowest BCUT2D eigenvalue weighted by Gasteiger charge is -2.15. The minimum absolute atomic E-state index is 0.0659. The second kappa shape index (κ2) is 8.38. The van der Waals surface area contributed by atoms with Gasteiger partial charge in [0.1, 0.15) is 0 Å². The van der Waals surface area contributed by atoms with E-state index in [1.54, 1.807) is 6.20 Å². The largest absolute Gasteiger partial charge is 0.355 e. The van der Waals surface area contributed by atoms with Gasteiger partial charge in [-0.2, -0.15) is 0 Å². The van der Waals surface area contributed by atoms with E-state index in [1.807, 2.05) is 19.2 Å². The Kier molecular flexibility index (Phi) is 6.49. The van der Waals surface area contributed by atoms with Crippen LogP contribution in [0.1, 0.15) is 38.3 Å². The van der Waals surface area contributed by atoms with Gasteiger partial charge < -0.3 is 5.32 Å². The van der Waals surface area contributed by atoms with Crippen LogP contribution in [0.3, 0.4) is 0 Å². The van der Waals surface area contributed by atoms with Crippen molar-refractivity contribution in [1.82, 2.24) is 14.9 Å². The van der Waals surface area contributed by atoms with Crippen molar-refractivity contribution in [3.05, 3.63) is 41.7 Å². The molecule has 1 amide bonds. The predicted molar refractivity (Wildman–Crippen MR) is 101 cm³/mol. The number of nitrogens with one attached hydrogen (secondary N) is 1. The second-order valence-electron chi connectivity index (χ2n) is 6.53. The first-order valence-electron chi connectivity index (χ1n) is 8.44. The molecule has 2 aromatic rings. The minimum Gasteiger partial charge on any atom is -0.355 e. The third-order valence-electron chi connectivity index (χ3n) is 4.11. The molecule has 4 nitrogen and oxygen atoms in total. The Bertz CT molecular complexity index is 694. The molecule has 0 bridgehead atoms. The van der Waals surface area contributed by atoms with Gasteiger partial charge in [0.15, 0.2) is 5.16 Å². The molecular weight excluding hydrogens is 318 g/mol. The molecule has 2 rings (SSSR count). The fraction of sp³-hybridized carbons (Fsp3) is 0.474. The van der Waals surface area contributed by atoms with Crippen LogP contribution in [0.5, 0.6) is 0 Å². The van der Waals surface area contributed by atoms with Crippen molar-refractivity contribution >= 4 is 17.7 Å². The molecule has 1 aromatic heterocycles. The molecular formula is C19H27N3OS. The van der Waals surface area contributed by atoms with Gasteiger partial charge in [0.2, 0.25) is 5.91 Å². The summed E-state index contributed by atoms with van der Waals surface area (Å²) in [6.07, 6.45) is 4.74. The summed E-state index contributed by atoms with van der Waals surface area (Å²) in [5.74, 6) is 0.660. The molecule has 130 valence electrons. The summed E-state index contributed by atoms with van der Waals surface area (Å²) in [4.78, 5) is 16.7. The first-order chi connectivity index (χ1) is 11.4. The van der Waals surface area contributed by atoms with Gasteiger partial charge in [-0.1, -0.05) is 37.7 Å². The van der Waals surface area contributed by atoms with Crippen LogP contribution in [0.4, 0.5) is 0 Å². The average Bonchev–Trinajstić information content (AvgIpc) is 2.97. The van der Waals surface area contributed by atoms with Gasteiger partial charge >= 0.3 is 0 Å². The van der Waals surface area contributed by atoms with Crippen molar-refractivity contribution in [3.8, 4) is 5.69 Å². The molecule has 1 N–H and O–H groups in total. The third kappa shape index (κ3) is 4.63. The minimum atomic E-state index is -0.177. The van der Waals surface area contributed by atoms with Crippen molar-refractivity contribution in [2.24, 2.45) is 5.92 Å². The Hall–Kier alpha value is -1.75. The maximum atomic E-state index is 12.3. The number of aryl methyl sites for hydroxylation is 1. The van der Waals surface area contributed by atoms with E-state index in [0.717, 1.165) is 23.8 Å². The molecule has 0 aliphatic heterocycles. The third-order valence-corrected chi connectivity index (χ3v) is 5.20. The lowest BCUT2D eigenvalue weighted by atomic mass is 10.1. The Morgan fingerprint density at radius 2 is 2.04 bits per heavy atom. The number of carbonyl (C=O) groups excluding carboxylic acids is 1. The van der Waals surface area contributed by atoms with E-state index in [1.165, 1.54) is 22.9 Å². The van der Waals surface area contributed by atoms with Crippen molar-refractivity contribution < 1.29 is 4.79 Å². The summed E-state index contributed by atoms with van der Waals surface area (Å²) in [7, 11) is 0. The zero-order valence-corrected chi connectivity index (χ0v) is 16.0. The molecule has 0 aliphatic carbocycles. The number of amides is 1. The molecule has 24 heavy (non-hydrogen) atoms. The quantitative estimate of drug-likeness (QED) is 0.768. The average molecular weight is 346 g/mol. The normalized spacial score (nSPS) is 12.4. The number of carbonyl (C=O) groups is 1. The van der Waals surface area contributed by atoms with Gasteiger partial charge in [0.05, 0.1) is 10.9 Å². The fourth-order valence-corrected chi connectivity index (χ4v) is 3.30. The van der Waals surface area contributed by atoms with Crippen molar-refractivity contribution in [2.75, 3.05) is 6.54 Å². The number of hydrogen-bond acceptors (Lipinski definition) is 3. The summed E-state index contributed by atoms with van der Waals surface area (Å²) < 4.78 is 2.06. The molecule has 0 spiro atoms. The number of thioether (sulfide) groups is 1. The molecule has 1 heterocycles. The second-order valence-corrected chi connectivity index (χ2v) is 7.84. The Labute approximate surface area is 149 Å². The summed E-state index contributed by atoms with van der Waals surface area (Å²) in [5.41, 5.74) is 3.59. The van der Waals surface area contributed by atoms with Gasteiger partial charge in [0.25, 0.3) is 0 Å². The summed E-state index contributed by atoms with van der Waals surface area (Å²) in [6.45, 7) is 11.2. The van der Waals surface area contributed by atoms with E-state index in [2.05, 4.69) is 54.7 Å². The highest BCUT2D eigenvalue weighted by molar-refractivity contribution is 8.00. The van der Waals surface area contributed by atoms with Crippen molar-refractivity contribution in [1.29, 1.82) is 0 Å². The fourth-order valence-electron chi connectivity index (χ4n) is 2.40. The van der Waals surface area contributed by atoms with E-state index >= 15 is 0 Å². The van der Waals surface area contributed by atoms with Crippen LogP contribution in [0, 0.1) is 19.8 Å². The maximum absolute atomic E-state index is 12.3. The van der Waals surface area contributed by atoms with E-state index < -0.39 is 0 Å². The number of nitrogens with zero attached hydrogens (tertiary/aromatic N) is 2. The highest BCUT2D eigenvalue weighted by Gasteiger charge is 2.18. The monoisotopic (exact) mass is 345 g/mol. The standard InChI is InChI=1S/C19H27N3OS/c1-13(2)9-10-20-18(23)16(5)24-19-21-11-12-22(19)17-8-6-7-14(3)15(17)4/h6-8,11-13,16H,9-10H2,1-5H3,(H,20,23). The van der Waals surface area contributed by atoms with Crippen LogP contribution in [0.2, 0.25) is 0 Å². The van der Waals surface area contributed by atoms with E-state index in [-0.39, 0.29) is 11.2 Å². The smallest absolute Gasteiger partial charge is 0.233 e. The lowest BCUT2D eigenvalue weighted by molar-refractivity contribution is -0.120. The van der Waals surface area contributed by atoms with Crippen molar-refractivity contribution in [3.63, 3.8) is 0 Å². The number of aromatic nitrogens is 2. The Morgan fingerprint density at radius 3 is 2.75 bits per heavy atom. The van der Waals surface area contributed by atoms with Crippen LogP contribution < -0.4 is 5.32 Å². The van der Waals surface area contributed by atoms with E-state index in [0.29, 0.717) is 5.92 Å². The first kappa shape index (κ1) is 18.6. The van der Waals surface area contributed by atoms with Crippen LogP contribution in [-0.4, -0.2) is 27.3 Å². The summed E-state index contributed by atoms with van der Waals surface area (Å²) in [6, 6.07) is 6.24. The number of benzene rings is 1. The molecule has 5 heteroatoms. The molecule has 0 aliphatic rings. The van der Waals surface area contributed by atoms with Crippen LogP contribution in [-0.2, 0) is 4.79 Å². The SMILES string of the molecule is Cc1cccc(-n2ccnc2SC(C)C(=O)NCCC(C)C)c1C. The molecule has 1 atom stereocenters. The Balaban J connectivity index is 2.08.